The summed E-state index contributed by atoms with van der Waals surface area (Å²) in [6.07, 6.45) is 0.359. The molecular formula is C15H19N3O5S2. The molecule has 1 atom stereocenters. The average Bonchev–Trinajstić information content (AvgIpc) is 3.12. The molecule has 1 saturated heterocycles. The molecule has 0 saturated carbocycles. The molecule has 0 radical (unpaired) electrons. The van der Waals surface area contributed by atoms with Crippen molar-refractivity contribution < 1.29 is 22.7 Å². The second kappa shape index (κ2) is 6.10. The van der Waals surface area contributed by atoms with Gasteiger partial charge < -0.3 is 10.1 Å². The molecule has 0 aromatic carbocycles. The Balaban J connectivity index is 1.60. The van der Waals surface area contributed by atoms with Crippen LogP contribution in [-0.2, 0) is 26.4 Å². The van der Waals surface area contributed by atoms with Crippen LogP contribution in [0.2, 0.25) is 0 Å². The van der Waals surface area contributed by atoms with E-state index in [0.717, 1.165) is 15.9 Å². The normalized spacial score (nSPS) is 22.2. The van der Waals surface area contributed by atoms with Crippen molar-refractivity contribution in [2.75, 3.05) is 18.1 Å². The predicted octanol–water partition coefficient (Wildman–Crippen LogP) is 0.793. The van der Waals surface area contributed by atoms with E-state index in [4.69, 9.17) is 4.74 Å². The molecule has 2 aromatic heterocycles. The van der Waals surface area contributed by atoms with E-state index in [1.165, 1.54) is 11.3 Å². The summed E-state index contributed by atoms with van der Waals surface area (Å²) in [6, 6.07) is 1.70. The Morgan fingerprint density at radius 2 is 2.20 bits per heavy atom. The van der Waals surface area contributed by atoms with E-state index in [2.05, 4.69) is 10.4 Å². The van der Waals surface area contributed by atoms with Crippen LogP contribution in [0.3, 0.4) is 0 Å². The molecule has 8 nitrogen and oxygen atoms in total. The molecule has 2 aromatic rings. The highest BCUT2D eigenvalue weighted by Gasteiger charge is 2.39. The average molecular weight is 385 g/mol. The number of aryl methyl sites for hydroxylation is 2. The van der Waals surface area contributed by atoms with Gasteiger partial charge >= 0.3 is 5.97 Å². The van der Waals surface area contributed by atoms with Crippen molar-refractivity contribution in [1.82, 2.24) is 15.1 Å². The first kappa shape index (κ1) is 17.9. The smallest absolute Gasteiger partial charge is 0.348 e. The van der Waals surface area contributed by atoms with Crippen LogP contribution in [0.15, 0.2) is 6.07 Å². The summed E-state index contributed by atoms with van der Waals surface area (Å²) in [6.45, 7) is 3.09. The lowest BCUT2D eigenvalue weighted by Gasteiger charge is -2.23. The quantitative estimate of drug-likeness (QED) is 0.780. The molecule has 10 heteroatoms. The minimum Gasteiger partial charge on any atom is -0.451 e. The Morgan fingerprint density at radius 1 is 1.48 bits per heavy atom. The number of carbonyl (C=O) groups is 2. The molecule has 1 aliphatic rings. The summed E-state index contributed by atoms with van der Waals surface area (Å²) >= 11 is 1.25. The zero-order valence-corrected chi connectivity index (χ0v) is 15.8. The number of fused-ring (bicyclic) bond motifs is 1. The molecule has 3 heterocycles. The number of sulfone groups is 1. The second-order valence-electron chi connectivity index (χ2n) is 6.57. The SMILES string of the molecule is Cc1nn(C)c2sc(C(=O)OCC(=O)NC3(C)CCS(=O)(=O)C3)cc12. The molecule has 0 bridgehead atoms. The molecule has 3 rings (SSSR count). The first-order chi connectivity index (χ1) is 11.6. The first-order valence-electron chi connectivity index (χ1n) is 7.70. The molecule has 1 aliphatic heterocycles. The Bertz CT molecular complexity index is 925. The fourth-order valence-corrected chi connectivity index (χ4v) is 6.10. The Labute approximate surface area is 149 Å². The standard InChI is InChI=1S/C15H19N3O5S2/c1-9-10-6-11(24-13(10)18(3)17-9)14(20)23-7-12(19)16-15(2)4-5-25(21,22)8-15/h6H,4-5,7-8H2,1-3H3,(H,16,19). The molecule has 25 heavy (non-hydrogen) atoms. The third kappa shape index (κ3) is 3.69. The minimum absolute atomic E-state index is 0.0543. The maximum Gasteiger partial charge on any atom is 0.348 e. The number of esters is 1. The first-order valence-corrected chi connectivity index (χ1v) is 10.3. The Kier molecular flexibility index (Phi) is 4.36. The molecule has 1 unspecified atom stereocenters. The van der Waals surface area contributed by atoms with Gasteiger partial charge in [0.2, 0.25) is 0 Å². The van der Waals surface area contributed by atoms with Crippen molar-refractivity contribution >= 4 is 43.3 Å². The van der Waals surface area contributed by atoms with Crippen molar-refractivity contribution in [1.29, 1.82) is 0 Å². The second-order valence-corrected chi connectivity index (χ2v) is 9.78. The number of nitrogens with zero attached hydrogens (tertiary/aromatic N) is 2. The highest BCUT2D eigenvalue weighted by Crippen LogP contribution is 2.28. The molecule has 136 valence electrons. The number of ether oxygens (including phenoxy) is 1. The third-order valence-electron chi connectivity index (χ3n) is 4.18. The maximum absolute atomic E-state index is 12.1. The van der Waals surface area contributed by atoms with Gasteiger partial charge in [-0.2, -0.15) is 5.10 Å². The number of rotatable bonds is 4. The van der Waals surface area contributed by atoms with Gasteiger partial charge in [-0.1, -0.05) is 0 Å². The lowest BCUT2D eigenvalue weighted by molar-refractivity contribution is -0.125. The molecule has 1 N–H and O–H groups in total. The van der Waals surface area contributed by atoms with E-state index in [0.29, 0.717) is 11.3 Å². The van der Waals surface area contributed by atoms with Crippen molar-refractivity contribution in [2.45, 2.75) is 25.8 Å². The number of nitrogens with one attached hydrogen (secondary N) is 1. The summed E-state index contributed by atoms with van der Waals surface area (Å²) in [5.41, 5.74) is 0.0174. The van der Waals surface area contributed by atoms with E-state index < -0.39 is 33.9 Å². The Morgan fingerprint density at radius 3 is 2.80 bits per heavy atom. The zero-order chi connectivity index (χ0) is 18.4. The van der Waals surface area contributed by atoms with Gasteiger partial charge in [0, 0.05) is 12.4 Å². The number of carbonyl (C=O) groups excluding carboxylic acids is 2. The van der Waals surface area contributed by atoms with Crippen LogP contribution in [0.4, 0.5) is 0 Å². The van der Waals surface area contributed by atoms with Gasteiger partial charge in [0.25, 0.3) is 5.91 Å². The summed E-state index contributed by atoms with van der Waals surface area (Å²) < 4.78 is 29.9. The monoisotopic (exact) mass is 385 g/mol. The summed E-state index contributed by atoms with van der Waals surface area (Å²) in [7, 11) is -1.32. The maximum atomic E-state index is 12.1. The van der Waals surface area contributed by atoms with Gasteiger partial charge in [0.15, 0.2) is 16.4 Å². The Hall–Kier alpha value is -1.94. The lowest BCUT2D eigenvalue weighted by Crippen LogP contribution is -2.48. The van der Waals surface area contributed by atoms with Crippen molar-refractivity contribution in [3.8, 4) is 0 Å². The molecule has 1 amide bonds. The van der Waals surface area contributed by atoms with Gasteiger partial charge in [0.1, 0.15) is 9.71 Å². The molecular weight excluding hydrogens is 366 g/mol. The van der Waals surface area contributed by atoms with Crippen molar-refractivity contribution in [3.05, 3.63) is 16.6 Å². The largest absolute Gasteiger partial charge is 0.451 e. The van der Waals surface area contributed by atoms with Crippen LogP contribution in [0.1, 0.15) is 28.7 Å². The minimum atomic E-state index is -3.12. The van der Waals surface area contributed by atoms with Gasteiger partial charge in [-0.05, 0) is 26.3 Å². The molecule has 1 fully saturated rings. The fraction of sp³-hybridized carbons (Fsp3) is 0.533. The van der Waals surface area contributed by atoms with Gasteiger partial charge in [-0.3, -0.25) is 9.48 Å². The van der Waals surface area contributed by atoms with E-state index in [1.807, 2.05) is 6.92 Å². The van der Waals surface area contributed by atoms with Crippen LogP contribution in [0, 0.1) is 6.92 Å². The van der Waals surface area contributed by atoms with E-state index in [9.17, 15) is 18.0 Å². The molecule has 0 aliphatic carbocycles. The predicted molar refractivity (Wildman–Crippen MR) is 93.4 cm³/mol. The number of aromatic nitrogens is 2. The summed E-state index contributed by atoms with van der Waals surface area (Å²) in [4.78, 5) is 25.4. The van der Waals surface area contributed by atoms with Gasteiger partial charge in [-0.15, -0.1) is 11.3 Å². The highest BCUT2D eigenvalue weighted by molar-refractivity contribution is 7.91. The lowest BCUT2D eigenvalue weighted by atomic mass is 10.0. The molecule has 0 spiro atoms. The van der Waals surface area contributed by atoms with E-state index in [-0.39, 0.29) is 11.5 Å². The zero-order valence-electron chi connectivity index (χ0n) is 14.2. The number of amides is 1. The number of hydrogen-bond acceptors (Lipinski definition) is 7. The number of thiophene rings is 1. The van der Waals surface area contributed by atoms with Crippen LogP contribution in [0.5, 0.6) is 0 Å². The van der Waals surface area contributed by atoms with Gasteiger partial charge in [-0.25, -0.2) is 13.2 Å². The summed E-state index contributed by atoms with van der Waals surface area (Å²) in [5, 5.41) is 7.80. The highest BCUT2D eigenvalue weighted by atomic mass is 32.2. The van der Waals surface area contributed by atoms with Crippen molar-refractivity contribution in [3.63, 3.8) is 0 Å². The van der Waals surface area contributed by atoms with Gasteiger partial charge in [0.05, 0.1) is 22.7 Å². The van der Waals surface area contributed by atoms with E-state index in [1.54, 1.807) is 24.7 Å². The van der Waals surface area contributed by atoms with Crippen LogP contribution >= 0.6 is 11.3 Å². The fourth-order valence-electron chi connectivity index (χ4n) is 2.99. The van der Waals surface area contributed by atoms with Crippen LogP contribution in [-0.4, -0.2) is 53.7 Å². The van der Waals surface area contributed by atoms with Crippen molar-refractivity contribution in [2.24, 2.45) is 7.05 Å². The topological polar surface area (TPSA) is 107 Å². The number of hydrogen-bond donors (Lipinski definition) is 1. The van der Waals surface area contributed by atoms with E-state index >= 15 is 0 Å². The summed E-state index contributed by atoms with van der Waals surface area (Å²) in [5.74, 6) is -1.13. The van der Waals surface area contributed by atoms with Crippen LogP contribution < -0.4 is 5.32 Å². The van der Waals surface area contributed by atoms with Crippen LogP contribution in [0.25, 0.3) is 10.2 Å². The third-order valence-corrected chi connectivity index (χ3v) is 7.26.